The Morgan fingerprint density at radius 3 is 2.73 bits per heavy atom. The average Bonchev–Trinajstić information content (AvgIpc) is 3.00. The maximum atomic E-state index is 11.6. The highest BCUT2D eigenvalue weighted by Gasteiger charge is 2.23. The Morgan fingerprint density at radius 1 is 1.33 bits per heavy atom. The molecular weight excluding hydrogens is 184 g/mol. The molecule has 0 saturated heterocycles. The van der Waals surface area contributed by atoms with Gasteiger partial charge in [0.2, 0.25) is 0 Å². The monoisotopic (exact) mass is 202 g/mol. The molecule has 0 spiro atoms. The number of carbonyl (C=O) groups excluding carboxylic acids is 1. The van der Waals surface area contributed by atoms with E-state index in [1.165, 1.54) is 24.0 Å². The summed E-state index contributed by atoms with van der Waals surface area (Å²) in [6, 6.07) is 8.33. The fourth-order valence-corrected chi connectivity index (χ4v) is 1.91. The Hall–Kier alpha value is -1.11. The lowest BCUT2D eigenvalue weighted by atomic mass is 10.0. The predicted molar refractivity (Wildman–Crippen MR) is 61.8 cm³/mol. The molecule has 0 amide bonds. The molecule has 1 nitrogen and oxygen atoms in total. The number of rotatable bonds is 5. The van der Waals surface area contributed by atoms with Crippen molar-refractivity contribution in [2.45, 2.75) is 39.0 Å². The van der Waals surface area contributed by atoms with Crippen molar-refractivity contribution in [2.24, 2.45) is 5.92 Å². The summed E-state index contributed by atoms with van der Waals surface area (Å²) in [5.74, 6) is 1.18. The molecule has 0 heterocycles. The summed E-state index contributed by atoms with van der Waals surface area (Å²) < 4.78 is 0. The minimum Gasteiger partial charge on any atom is -0.300 e. The summed E-state index contributed by atoms with van der Waals surface area (Å²) in [5, 5.41) is 0. The van der Waals surface area contributed by atoms with Crippen molar-refractivity contribution in [1.29, 1.82) is 0 Å². The van der Waals surface area contributed by atoms with E-state index in [9.17, 15) is 4.79 Å². The van der Waals surface area contributed by atoms with Gasteiger partial charge in [-0.05, 0) is 43.2 Å². The van der Waals surface area contributed by atoms with Crippen LogP contribution >= 0.6 is 0 Å². The lowest BCUT2D eigenvalue weighted by molar-refractivity contribution is -0.119. The summed E-state index contributed by atoms with van der Waals surface area (Å²) >= 11 is 0. The Morgan fingerprint density at radius 2 is 2.07 bits per heavy atom. The van der Waals surface area contributed by atoms with Crippen LogP contribution in [0, 0.1) is 12.8 Å². The molecular formula is C14H18O. The second-order valence-corrected chi connectivity index (χ2v) is 4.61. The Balaban J connectivity index is 1.81. The van der Waals surface area contributed by atoms with Gasteiger partial charge in [0.1, 0.15) is 5.78 Å². The minimum atomic E-state index is 0.445. The Bertz CT molecular complexity index is 350. The molecule has 0 N–H and O–H groups in total. The van der Waals surface area contributed by atoms with Crippen LogP contribution in [-0.4, -0.2) is 5.78 Å². The molecule has 80 valence electrons. The van der Waals surface area contributed by atoms with Crippen LogP contribution in [0.15, 0.2) is 24.3 Å². The lowest BCUT2D eigenvalue weighted by Crippen LogP contribution is -2.01. The van der Waals surface area contributed by atoms with E-state index in [0.717, 1.165) is 25.2 Å². The van der Waals surface area contributed by atoms with Gasteiger partial charge in [0, 0.05) is 12.8 Å². The van der Waals surface area contributed by atoms with Gasteiger partial charge in [0.25, 0.3) is 0 Å². The van der Waals surface area contributed by atoms with Gasteiger partial charge in [0.15, 0.2) is 0 Å². The number of hydrogen-bond acceptors (Lipinski definition) is 1. The molecule has 1 saturated carbocycles. The molecule has 0 atom stereocenters. The zero-order valence-electron chi connectivity index (χ0n) is 9.33. The van der Waals surface area contributed by atoms with Gasteiger partial charge in [-0.25, -0.2) is 0 Å². The van der Waals surface area contributed by atoms with E-state index >= 15 is 0 Å². The van der Waals surface area contributed by atoms with E-state index in [1.807, 2.05) is 12.1 Å². The van der Waals surface area contributed by atoms with E-state index in [0.29, 0.717) is 5.78 Å². The Labute approximate surface area is 91.5 Å². The first kappa shape index (κ1) is 10.4. The van der Waals surface area contributed by atoms with Crippen molar-refractivity contribution in [3.63, 3.8) is 0 Å². The van der Waals surface area contributed by atoms with Gasteiger partial charge in [-0.3, -0.25) is 4.79 Å². The molecule has 1 fully saturated rings. The molecule has 0 aliphatic heterocycles. The number of ketones is 1. The van der Waals surface area contributed by atoms with Gasteiger partial charge >= 0.3 is 0 Å². The standard InChI is InChI=1S/C14H18O/c1-11-4-2-3-5-13(11)8-9-14(15)10-12-6-7-12/h2-5,12H,6-10H2,1H3. The molecule has 0 bridgehead atoms. The van der Waals surface area contributed by atoms with Gasteiger partial charge in [-0.1, -0.05) is 24.3 Å². The highest BCUT2D eigenvalue weighted by atomic mass is 16.1. The SMILES string of the molecule is Cc1ccccc1CCC(=O)CC1CC1. The molecule has 1 aromatic rings. The van der Waals surface area contributed by atoms with E-state index in [2.05, 4.69) is 19.1 Å². The highest BCUT2D eigenvalue weighted by Crippen LogP contribution is 2.32. The largest absolute Gasteiger partial charge is 0.300 e. The van der Waals surface area contributed by atoms with Crippen LogP contribution in [0.1, 0.15) is 36.8 Å². The van der Waals surface area contributed by atoms with E-state index in [4.69, 9.17) is 0 Å². The van der Waals surface area contributed by atoms with Crippen LogP contribution in [-0.2, 0) is 11.2 Å². The normalized spacial score (nSPS) is 15.3. The molecule has 2 rings (SSSR count). The van der Waals surface area contributed by atoms with Gasteiger partial charge < -0.3 is 0 Å². The lowest BCUT2D eigenvalue weighted by Gasteiger charge is -2.04. The van der Waals surface area contributed by atoms with E-state index < -0.39 is 0 Å². The number of benzene rings is 1. The molecule has 1 aliphatic carbocycles. The molecule has 0 unspecified atom stereocenters. The molecule has 0 aromatic heterocycles. The number of carbonyl (C=O) groups is 1. The third-order valence-corrected chi connectivity index (χ3v) is 3.15. The molecule has 0 radical (unpaired) electrons. The topological polar surface area (TPSA) is 17.1 Å². The minimum absolute atomic E-state index is 0.445. The first-order valence-corrected chi connectivity index (χ1v) is 5.82. The van der Waals surface area contributed by atoms with Crippen LogP contribution in [0.25, 0.3) is 0 Å². The second kappa shape index (κ2) is 4.61. The highest BCUT2D eigenvalue weighted by molar-refractivity contribution is 5.79. The first-order chi connectivity index (χ1) is 7.25. The molecule has 1 heteroatoms. The second-order valence-electron chi connectivity index (χ2n) is 4.61. The number of aryl methyl sites for hydroxylation is 2. The van der Waals surface area contributed by atoms with Crippen molar-refractivity contribution in [3.8, 4) is 0 Å². The van der Waals surface area contributed by atoms with E-state index in [1.54, 1.807) is 0 Å². The summed E-state index contributed by atoms with van der Waals surface area (Å²) in [4.78, 5) is 11.6. The third-order valence-electron chi connectivity index (χ3n) is 3.15. The maximum Gasteiger partial charge on any atom is 0.133 e. The summed E-state index contributed by atoms with van der Waals surface area (Å²) in [7, 11) is 0. The van der Waals surface area contributed by atoms with Crippen molar-refractivity contribution in [3.05, 3.63) is 35.4 Å². The third kappa shape index (κ3) is 3.19. The van der Waals surface area contributed by atoms with Crippen molar-refractivity contribution < 1.29 is 4.79 Å². The molecule has 1 aliphatic rings. The number of hydrogen-bond donors (Lipinski definition) is 0. The fourth-order valence-electron chi connectivity index (χ4n) is 1.91. The van der Waals surface area contributed by atoms with Crippen LogP contribution in [0.3, 0.4) is 0 Å². The van der Waals surface area contributed by atoms with Gasteiger partial charge in [-0.2, -0.15) is 0 Å². The van der Waals surface area contributed by atoms with Crippen molar-refractivity contribution in [1.82, 2.24) is 0 Å². The van der Waals surface area contributed by atoms with Gasteiger partial charge in [-0.15, -0.1) is 0 Å². The van der Waals surface area contributed by atoms with Crippen LogP contribution < -0.4 is 0 Å². The summed E-state index contributed by atoms with van der Waals surface area (Å²) in [6.07, 6.45) is 5.01. The van der Waals surface area contributed by atoms with Crippen molar-refractivity contribution >= 4 is 5.78 Å². The fraction of sp³-hybridized carbons (Fsp3) is 0.500. The van der Waals surface area contributed by atoms with E-state index in [-0.39, 0.29) is 0 Å². The zero-order valence-corrected chi connectivity index (χ0v) is 9.33. The average molecular weight is 202 g/mol. The zero-order chi connectivity index (χ0) is 10.7. The number of Topliss-reactive ketones (excluding diaryl/α,β-unsaturated/α-hetero) is 1. The smallest absolute Gasteiger partial charge is 0.133 e. The van der Waals surface area contributed by atoms with Crippen molar-refractivity contribution in [2.75, 3.05) is 0 Å². The van der Waals surface area contributed by atoms with Crippen LogP contribution in [0.2, 0.25) is 0 Å². The predicted octanol–water partition coefficient (Wildman–Crippen LogP) is 3.30. The molecule has 15 heavy (non-hydrogen) atoms. The maximum absolute atomic E-state index is 11.6. The first-order valence-electron chi connectivity index (χ1n) is 5.82. The Kier molecular flexibility index (Phi) is 3.20. The van der Waals surface area contributed by atoms with Gasteiger partial charge in [0.05, 0.1) is 0 Å². The molecule has 1 aromatic carbocycles. The summed E-state index contributed by atoms with van der Waals surface area (Å²) in [6.45, 7) is 2.11. The van der Waals surface area contributed by atoms with Crippen LogP contribution in [0.4, 0.5) is 0 Å². The van der Waals surface area contributed by atoms with Crippen LogP contribution in [0.5, 0.6) is 0 Å². The quantitative estimate of drug-likeness (QED) is 0.716. The summed E-state index contributed by atoms with van der Waals surface area (Å²) in [5.41, 5.74) is 2.62.